The van der Waals surface area contributed by atoms with Gasteiger partial charge in [-0.2, -0.15) is 0 Å². The van der Waals surface area contributed by atoms with E-state index < -0.39 is 58.4 Å². The Morgan fingerprint density at radius 1 is 0.562 bits per heavy atom. The van der Waals surface area contributed by atoms with Crippen LogP contribution in [0.2, 0.25) is 0 Å². The number of aliphatic hydroxyl groups is 2. The molecule has 10 nitrogen and oxygen atoms in total. The van der Waals surface area contributed by atoms with Crippen molar-refractivity contribution in [1.82, 2.24) is 0 Å². The summed E-state index contributed by atoms with van der Waals surface area (Å²) < 4.78 is 32.3. The van der Waals surface area contributed by atoms with Gasteiger partial charge in [0, 0.05) is 12.8 Å². The monoisotopic (exact) mass is 704 g/mol. The van der Waals surface area contributed by atoms with Crippen LogP contribution in [0.25, 0.3) is 0 Å². The second-order valence-corrected chi connectivity index (χ2v) is 14.0. The number of phosphoric acid groups is 1. The molecule has 0 saturated carbocycles. The van der Waals surface area contributed by atoms with Crippen molar-refractivity contribution < 1.29 is 47.8 Å². The molecule has 0 aliphatic rings. The summed E-state index contributed by atoms with van der Waals surface area (Å²) in [4.78, 5) is 34.1. The molecule has 0 fully saturated rings. The van der Waals surface area contributed by atoms with Gasteiger partial charge >= 0.3 is 19.8 Å². The van der Waals surface area contributed by atoms with Crippen molar-refractivity contribution >= 4 is 19.8 Å². The summed E-state index contributed by atoms with van der Waals surface area (Å²) in [5.41, 5.74) is 0. The number of phosphoric ester groups is 1. The third kappa shape index (κ3) is 31.7. The molecule has 48 heavy (non-hydrogen) atoms. The predicted molar refractivity (Wildman–Crippen MR) is 191 cm³/mol. The number of hydrogen-bond acceptors (Lipinski definition) is 9. The Labute approximate surface area is 291 Å². The van der Waals surface area contributed by atoms with Gasteiger partial charge in [-0.15, -0.1) is 0 Å². The smallest absolute Gasteiger partial charge is 0.457 e. The number of aliphatic hydroxyl groups excluding tert-OH is 2. The molecule has 0 aromatic rings. The van der Waals surface area contributed by atoms with E-state index in [1.165, 1.54) is 57.8 Å². The van der Waals surface area contributed by atoms with E-state index >= 15 is 0 Å². The number of allylic oxidation sites excluding steroid dienone is 4. The van der Waals surface area contributed by atoms with E-state index in [4.69, 9.17) is 18.5 Å². The van der Waals surface area contributed by atoms with Crippen molar-refractivity contribution in [1.29, 1.82) is 0 Å². The van der Waals surface area contributed by atoms with Gasteiger partial charge in [0.1, 0.15) is 12.2 Å². The number of hydrogen-bond donors (Lipinski definition) is 3. The van der Waals surface area contributed by atoms with Crippen molar-refractivity contribution in [2.24, 2.45) is 0 Å². The first kappa shape index (κ1) is 46.5. The molecular weight excluding hydrogens is 635 g/mol. The first-order valence-electron chi connectivity index (χ1n) is 18.8. The van der Waals surface area contributed by atoms with Gasteiger partial charge in [-0.25, -0.2) is 4.57 Å². The highest BCUT2D eigenvalue weighted by molar-refractivity contribution is 7.47. The zero-order valence-corrected chi connectivity index (χ0v) is 31.1. The second-order valence-electron chi connectivity index (χ2n) is 12.6. The highest BCUT2D eigenvalue weighted by Crippen LogP contribution is 2.43. The first-order chi connectivity index (χ1) is 23.3. The molecule has 3 N–H and O–H groups in total. The summed E-state index contributed by atoms with van der Waals surface area (Å²) in [6.45, 7) is 2.08. The molecule has 0 rings (SSSR count). The standard InChI is InChI=1S/C37H69O10P/c1-3-5-7-9-11-12-13-14-15-16-17-18-19-20-21-22-23-25-27-29-37(41)47-35(31-39)33-45-48(42,43)44-32-34(30-38)46-36(40)28-26-24-10-8-6-4-2/h11-12,14-15,34-35,38-39H,3-10,13,16-33H2,1-2H3,(H,42,43)/b12-11-,15-14-. The molecule has 0 bridgehead atoms. The van der Waals surface area contributed by atoms with E-state index in [2.05, 4.69) is 38.2 Å². The van der Waals surface area contributed by atoms with Crippen molar-refractivity contribution in [2.45, 2.75) is 174 Å². The number of carbonyl (C=O) groups is 2. The van der Waals surface area contributed by atoms with E-state index in [9.17, 15) is 29.3 Å². The number of rotatable bonds is 35. The van der Waals surface area contributed by atoms with Gasteiger partial charge in [0.2, 0.25) is 0 Å². The molecule has 0 aromatic carbocycles. The molecule has 11 heteroatoms. The fraction of sp³-hybridized carbons (Fsp3) is 0.838. The average Bonchev–Trinajstić information content (AvgIpc) is 3.07. The number of esters is 2. The zero-order chi connectivity index (χ0) is 35.6. The van der Waals surface area contributed by atoms with Crippen LogP contribution >= 0.6 is 7.82 Å². The summed E-state index contributed by atoms with van der Waals surface area (Å²) in [7, 11) is -4.62. The summed E-state index contributed by atoms with van der Waals surface area (Å²) >= 11 is 0. The molecule has 0 heterocycles. The van der Waals surface area contributed by atoms with Gasteiger partial charge < -0.3 is 24.6 Å². The van der Waals surface area contributed by atoms with Crippen LogP contribution in [0.4, 0.5) is 0 Å². The van der Waals surface area contributed by atoms with Crippen molar-refractivity contribution in [3.63, 3.8) is 0 Å². The lowest BCUT2D eigenvalue weighted by Gasteiger charge is -2.20. The zero-order valence-electron chi connectivity index (χ0n) is 30.2. The largest absolute Gasteiger partial charge is 0.472 e. The Bertz CT molecular complexity index is 863. The van der Waals surface area contributed by atoms with E-state index in [0.717, 1.165) is 64.2 Å². The van der Waals surface area contributed by atoms with Gasteiger partial charge in [0.15, 0.2) is 0 Å². The second kappa shape index (κ2) is 33.9. The van der Waals surface area contributed by atoms with Crippen molar-refractivity contribution in [2.75, 3.05) is 26.4 Å². The molecule has 0 saturated heterocycles. The molecule has 0 radical (unpaired) electrons. The minimum atomic E-state index is -4.62. The fourth-order valence-electron chi connectivity index (χ4n) is 4.97. The Hall–Kier alpha value is -1.55. The molecule has 0 aliphatic carbocycles. The van der Waals surface area contributed by atoms with E-state index in [1.807, 2.05) is 0 Å². The van der Waals surface area contributed by atoms with Crippen LogP contribution in [0.3, 0.4) is 0 Å². The summed E-state index contributed by atoms with van der Waals surface area (Å²) in [5, 5.41) is 19.0. The van der Waals surface area contributed by atoms with Crippen molar-refractivity contribution in [3.05, 3.63) is 24.3 Å². The van der Waals surface area contributed by atoms with Gasteiger partial charge in [0.05, 0.1) is 26.4 Å². The lowest BCUT2D eigenvalue weighted by Crippen LogP contribution is -2.28. The minimum Gasteiger partial charge on any atom is -0.457 e. The number of carbonyl (C=O) groups excluding carboxylic acids is 2. The first-order valence-corrected chi connectivity index (χ1v) is 20.3. The summed E-state index contributed by atoms with van der Waals surface area (Å²) in [6, 6.07) is 0. The molecule has 0 aromatic heterocycles. The Morgan fingerprint density at radius 2 is 0.917 bits per heavy atom. The molecular formula is C37H69O10P. The molecule has 0 spiro atoms. The van der Waals surface area contributed by atoms with Gasteiger partial charge in [0.25, 0.3) is 0 Å². The lowest BCUT2D eigenvalue weighted by atomic mass is 10.1. The summed E-state index contributed by atoms with van der Waals surface area (Å²) in [5.74, 6) is -1.03. The van der Waals surface area contributed by atoms with E-state index in [0.29, 0.717) is 12.8 Å². The Balaban J connectivity index is 3.90. The SMILES string of the molecule is CCCCC/C=C\C/C=C\CCCCCCCCCCCC(=O)OC(CO)COP(=O)(O)OCC(CO)OC(=O)CCCCCCCC. The normalized spacial score (nSPS) is 14.4. The quantitative estimate of drug-likeness (QED) is 0.0252. The number of unbranched alkanes of at least 4 members (excludes halogenated alkanes) is 17. The highest BCUT2D eigenvalue weighted by atomic mass is 31.2. The van der Waals surface area contributed by atoms with Crippen LogP contribution < -0.4 is 0 Å². The van der Waals surface area contributed by atoms with Crippen LogP contribution in [-0.2, 0) is 32.7 Å². The minimum absolute atomic E-state index is 0.189. The maximum atomic E-state index is 12.2. The van der Waals surface area contributed by atoms with Gasteiger partial charge in [-0.05, 0) is 44.9 Å². The van der Waals surface area contributed by atoms with E-state index in [-0.39, 0.29) is 12.8 Å². The topological polar surface area (TPSA) is 149 Å². The molecule has 0 amide bonds. The van der Waals surface area contributed by atoms with Crippen LogP contribution in [0.5, 0.6) is 0 Å². The van der Waals surface area contributed by atoms with Crippen LogP contribution in [0.15, 0.2) is 24.3 Å². The third-order valence-electron chi connectivity index (χ3n) is 7.92. The Kier molecular flexibility index (Phi) is 32.8. The van der Waals surface area contributed by atoms with Crippen LogP contribution in [0, 0.1) is 0 Å². The molecule has 3 unspecified atom stereocenters. The van der Waals surface area contributed by atoms with Crippen molar-refractivity contribution in [3.8, 4) is 0 Å². The average molecular weight is 705 g/mol. The maximum Gasteiger partial charge on any atom is 0.472 e. The maximum absolute atomic E-state index is 12.2. The summed E-state index contributed by atoms with van der Waals surface area (Å²) in [6.07, 6.45) is 30.5. The van der Waals surface area contributed by atoms with Gasteiger partial charge in [-0.3, -0.25) is 18.6 Å². The Morgan fingerprint density at radius 3 is 1.33 bits per heavy atom. The highest BCUT2D eigenvalue weighted by Gasteiger charge is 2.27. The predicted octanol–water partition coefficient (Wildman–Crippen LogP) is 9.05. The lowest BCUT2D eigenvalue weighted by molar-refractivity contribution is -0.153. The molecule has 3 atom stereocenters. The third-order valence-corrected chi connectivity index (χ3v) is 8.87. The van der Waals surface area contributed by atoms with Gasteiger partial charge in [-0.1, -0.05) is 128 Å². The number of ether oxygens (including phenoxy) is 2. The van der Waals surface area contributed by atoms with Crippen LogP contribution in [0.1, 0.15) is 162 Å². The van der Waals surface area contributed by atoms with Crippen LogP contribution in [-0.4, -0.2) is 65.7 Å². The molecule has 282 valence electrons. The fourth-order valence-corrected chi connectivity index (χ4v) is 5.75. The molecule has 0 aliphatic heterocycles. The van der Waals surface area contributed by atoms with E-state index in [1.54, 1.807) is 0 Å².